The van der Waals surface area contributed by atoms with Crippen molar-refractivity contribution in [1.29, 1.82) is 0 Å². The predicted molar refractivity (Wildman–Crippen MR) is 67.0 cm³/mol. The van der Waals surface area contributed by atoms with Crippen LogP contribution in [0.15, 0.2) is 28.4 Å². The van der Waals surface area contributed by atoms with Crippen LogP contribution in [0, 0.1) is 5.82 Å². The van der Waals surface area contributed by atoms with E-state index in [1.165, 1.54) is 30.1 Å². The minimum Gasteiger partial charge on any atom is -0.303 e. The second kappa shape index (κ2) is 5.29. The number of benzene rings is 1. The maximum atomic E-state index is 13.1. The summed E-state index contributed by atoms with van der Waals surface area (Å²) in [4.78, 5) is 10.8. The fourth-order valence-corrected chi connectivity index (χ4v) is 1.87. The standard InChI is InChI=1S/C10H7ClFN3OS/c11-7-2-1-6(3-8(7)12)4-13-15-10-14-9(16)5-17-10/h1-4H,5H2,(H,14,15,16). The van der Waals surface area contributed by atoms with E-state index in [1.54, 1.807) is 6.07 Å². The molecule has 0 bridgehead atoms. The average Bonchev–Trinajstić information content (AvgIpc) is 2.70. The van der Waals surface area contributed by atoms with E-state index in [9.17, 15) is 9.18 Å². The third-order valence-electron chi connectivity index (χ3n) is 1.89. The number of hydrogen-bond donors (Lipinski definition) is 1. The number of thioether (sulfide) groups is 1. The van der Waals surface area contributed by atoms with E-state index >= 15 is 0 Å². The maximum Gasteiger partial charge on any atom is 0.236 e. The molecule has 1 saturated heterocycles. The second-order valence-electron chi connectivity index (χ2n) is 3.16. The van der Waals surface area contributed by atoms with Crippen molar-refractivity contribution in [2.75, 3.05) is 5.75 Å². The first-order valence-electron chi connectivity index (χ1n) is 4.64. The van der Waals surface area contributed by atoms with Crippen LogP contribution in [0.4, 0.5) is 4.39 Å². The van der Waals surface area contributed by atoms with Crippen LogP contribution in [0.5, 0.6) is 0 Å². The third kappa shape index (κ3) is 3.28. The number of amides is 1. The Hall–Kier alpha value is -1.40. The Kier molecular flexibility index (Phi) is 3.75. The van der Waals surface area contributed by atoms with E-state index in [1.807, 2.05) is 0 Å². The first-order valence-corrected chi connectivity index (χ1v) is 6.00. The summed E-state index contributed by atoms with van der Waals surface area (Å²) in [6, 6.07) is 4.32. The van der Waals surface area contributed by atoms with Gasteiger partial charge in [-0.05, 0) is 17.7 Å². The van der Waals surface area contributed by atoms with E-state index < -0.39 is 5.82 Å². The first-order chi connectivity index (χ1) is 8.15. The summed E-state index contributed by atoms with van der Waals surface area (Å²) in [6.45, 7) is 0. The molecule has 0 aromatic heterocycles. The topological polar surface area (TPSA) is 53.8 Å². The van der Waals surface area contributed by atoms with Gasteiger partial charge >= 0.3 is 0 Å². The van der Waals surface area contributed by atoms with Crippen LogP contribution < -0.4 is 5.32 Å². The molecule has 1 aromatic carbocycles. The lowest BCUT2D eigenvalue weighted by Gasteiger charge is -1.95. The molecule has 4 nitrogen and oxygen atoms in total. The molecular weight excluding hydrogens is 265 g/mol. The smallest absolute Gasteiger partial charge is 0.236 e. The van der Waals surface area contributed by atoms with Crippen LogP contribution in [0.3, 0.4) is 0 Å². The number of carbonyl (C=O) groups is 1. The molecule has 0 radical (unpaired) electrons. The Morgan fingerprint density at radius 1 is 1.53 bits per heavy atom. The normalized spacial score (nSPS) is 18.0. The number of nitrogens with zero attached hydrogens (tertiary/aromatic N) is 2. The molecule has 0 unspecified atom stereocenters. The van der Waals surface area contributed by atoms with Crippen LogP contribution in [0.2, 0.25) is 5.02 Å². The van der Waals surface area contributed by atoms with E-state index in [4.69, 9.17) is 11.6 Å². The van der Waals surface area contributed by atoms with E-state index in [2.05, 4.69) is 15.5 Å². The molecule has 1 fully saturated rings. The predicted octanol–water partition coefficient (Wildman–Crippen LogP) is 2.03. The Bertz CT molecular complexity index is 518. The third-order valence-corrected chi connectivity index (χ3v) is 3.06. The Balaban J connectivity index is 2.05. The van der Waals surface area contributed by atoms with Crippen molar-refractivity contribution in [3.8, 4) is 0 Å². The molecular formula is C10H7ClFN3OS. The summed E-state index contributed by atoms with van der Waals surface area (Å²) in [7, 11) is 0. The second-order valence-corrected chi connectivity index (χ2v) is 4.53. The number of halogens is 2. The van der Waals surface area contributed by atoms with E-state index in [0.717, 1.165) is 0 Å². The highest BCUT2D eigenvalue weighted by Gasteiger charge is 2.15. The van der Waals surface area contributed by atoms with E-state index in [0.29, 0.717) is 16.5 Å². The molecule has 2 rings (SSSR count). The molecule has 7 heteroatoms. The van der Waals surface area contributed by atoms with Crippen molar-refractivity contribution in [2.24, 2.45) is 10.2 Å². The van der Waals surface area contributed by atoms with Crippen LogP contribution in [0.25, 0.3) is 0 Å². The van der Waals surface area contributed by atoms with E-state index in [-0.39, 0.29) is 10.9 Å². The zero-order valence-corrected chi connectivity index (χ0v) is 10.1. The van der Waals surface area contributed by atoms with Crippen molar-refractivity contribution >= 4 is 40.7 Å². The van der Waals surface area contributed by atoms with Gasteiger partial charge in [-0.25, -0.2) is 4.39 Å². The van der Waals surface area contributed by atoms with Gasteiger partial charge in [0.05, 0.1) is 17.0 Å². The lowest BCUT2D eigenvalue weighted by atomic mass is 10.2. The minimum absolute atomic E-state index is 0.0621. The number of hydrogen-bond acceptors (Lipinski definition) is 4. The molecule has 0 saturated carbocycles. The first kappa shape index (κ1) is 12.1. The quantitative estimate of drug-likeness (QED) is 0.661. The lowest BCUT2D eigenvalue weighted by molar-refractivity contribution is -0.116. The average molecular weight is 272 g/mol. The molecule has 88 valence electrons. The Morgan fingerprint density at radius 3 is 3.00 bits per heavy atom. The molecule has 0 spiro atoms. The van der Waals surface area contributed by atoms with Gasteiger partial charge in [-0.3, -0.25) is 4.79 Å². The largest absolute Gasteiger partial charge is 0.303 e. The van der Waals surface area contributed by atoms with Crippen molar-refractivity contribution in [3.63, 3.8) is 0 Å². The monoisotopic (exact) mass is 271 g/mol. The molecule has 0 aliphatic carbocycles. The molecule has 17 heavy (non-hydrogen) atoms. The van der Waals surface area contributed by atoms with Crippen molar-refractivity contribution < 1.29 is 9.18 Å². The molecule has 1 aromatic rings. The SMILES string of the molecule is O=C1CSC(=NN=Cc2ccc(Cl)c(F)c2)N1. The molecule has 1 amide bonds. The number of amidine groups is 1. The zero-order valence-electron chi connectivity index (χ0n) is 8.48. The molecule has 1 N–H and O–H groups in total. The highest BCUT2D eigenvalue weighted by Crippen LogP contribution is 2.14. The van der Waals surface area contributed by atoms with Crippen molar-refractivity contribution in [1.82, 2.24) is 5.32 Å². The van der Waals surface area contributed by atoms with Gasteiger partial charge in [0.25, 0.3) is 0 Å². The van der Waals surface area contributed by atoms with Gasteiger partial charge in [0, 0.05) is 0 Å². The molecule has 1 heterocycles. The number of nitrogens with one attached hydrogen (secondary N) is 1. The molecule has 1 aliphatic rings. The molecule has 1 aliphatic heterocycles. The molecule has 0 atom stereocenters. The van der Waals surface area contributed by atoms with Gasteiger partial charge in [0.15, 0.2) is 5.17 Å². The van der Waals surface area contributed by atoms with Crippen LogP contribution in [-0.2, 0) is 4.79 Å². The van der Waals surface area contributed by atoms with Gasteiger partial charge in [-0.15, -0.1) is 5.10 Å². The fraction of sp³-hybridized carbons (Fsp3) is 0.100. The number of rotatable bonds is 2. The summed E-state index contributed by atoms with van der Waals surface area (Å²) < 4.78 is 13.1. The highest BCUT2D eigenvalue weighted by atomic mass is 35.5. The Labute approximate surface area is 106 Å². The van der Waals surface area contributed by atoms with Crippen LogP contribution in [0.1, 0.15) is 5.56 Å². The fourth-order valence-electron chi connectivity index (χ4n) is 1.12. The summed E-state index contributed by atoms with van der Waals surface area (Å²) >= 11 is 6.81. The van der Waals surface area contributed by atoms with Crippen LogP contribution in [-0.4, -0.2) is 23.0 Å². The highest BCUT2D eigenvalue weighted by molar-refractivity contribution is 8.15. The van der Waals surface area contributed by atoms with Crippen molar-refractivity contribution in [3.05, 3.63) is 34.6 Å². The summed E-state index contributed by atoms with van der Waals surface area (Å²) in [6.07, 6.45) is 1.39. The van der Waals surface area contributed by atoms with Gasteiger partial charge in [-0.1, -0.05) is 29.4 Å². The lowest BCUT2D eigenvalue weighted by Crippen LogP contribution is -2.19. The summed E-state index contributed by atoms with van der Waals surface area (Å²) in [5.41, 5.74) is 0.547. The minimum atomic E-state index is -0.508. The van der Waals surface area contributed by atoms with Gasteiger partial charge in [-0.2, -0.15) is 5.10 Å². The van der Waals surface area contributed by atoms with Crippen molar-refractivity contribution in [2.45, 2.75) is 0 Å². The summed E-state index contributed by atoms with van der Waals surface area (Å²) in [5.74, 6) is -0.252. The van der Waals surface area contributed by atoms with Gasteiger partial charge in [0.1, 0.15) is 5.82 Å². The van der Waals surface area contributed by atoms with Crippen LogP contribution >= 0.6 is 23.4 Å². The van der Waals surface area contributed by atoms with Gasteiger partial charge in [0.2, 0.25) is 5.91 Å². The maximum absolute atomic E-state index is 13.1. The summed E-state index contributed by atoms with van der Waals surface area (Å²) in [5, 5.41) is 10.6. The Morgan fingerprint density at radius 2 is 2.35 bits per heavy atom. The zero-order chi connectivity index (χ0) is 12.3. The number of carbonyl (C=O) groups excluding carboxylic acids is 1. The van der Waals surface area contributed by atoms with Gasteiger partial charge < -0.3 is 5.32 Å².